The van der Waals surface area contributed by atoms with Gasteiger partial charge in [0.25, 0.3) is 5.91 Å². The lowest BCUT2D eigenvalue weighted by molar-refractivity contribution is 0.102. The Morgan fingerprint density at radius 2 is 2.35 bits per heavy atom. The van der Waals surface area contributed by atoms with Crippen LogP contribution < -0.4 is 10.1 Å². The highest BCUT2D eigenvalue weighted by molar-refractivity contribution is 6.02. The zero-order chi connectivity index (χ0) is 16.1. The maximum absolute atomic E-state index is 12.3. The third-order valence-electron chi connectivity index (χ3n) is 3.58. The average Bonchev–Trinajstić information content (AvgIpc) is 3.07. The lowest BCUT2D eigenvalue weighted by Gasteiger charge is -2.12. The Morgan fingerprint density at radius 1 is 1.43 bits per heavy atom. The fraction of sp³-hybridized carbons (Fsp3) is 0.353. The number of nitrogens with one attached hydrogen (secondary N) is 1. The van der Waals surface area contributed by atoms with Gasteiger partial charge >= 0.3 is 0 Å². The Balaban J connectivity index is 1.67. The van der Waals surface area contributed by atoms with Crippen molar-refractivity contribution in [3.63, 3.8) is 0 Å². The summed E-state index contributed by atoms with van der Waals surface area (Å²) < 4.78 is 11.1. The van der Waals surface area contributed by atoms with Crippen molar-refractivity contribution in [2.75, 3.05) is 25.1 Å². The molecule has 23 heavy (non-hydrogen) atoms. The number of hydrogen-bond acceptors (Lipinski definition) is 5. The summed E-state index contributed by atoms with van der Waals surface area (Å²) in [4.78, 5) is 20.6. The van der Waals surface area contributed by atoms with Gasteiger partial charge in [-0.05, 0) is 25.5 Å². The van der Waals surface area contributed by atoms with Gasteiger partial charge in [0.1, 0.15) is 17.3 Å². The van der Waals surface area contributed by atoms with Crippen molar-refractivity contribution in [2.24, 2.45) is 5.92 Å². The van der Waals surface area contributed by atoms with Gasteiger partial charge in [-0.25, -0.2) is 9.97 Å². The number of aromatic nitrogens is 2. The monoisotopic (exact) mass is 313 g/mol. The fourth-order valence-corrected chi connectivity index (χ4v) is 2.38. The molecule has 1 fully saturated rings. The van der Waals surface area contributed by atoms with Crippen molar-refractivity contribution in [1.29, 1.82) is 0 Å². The molecule has 6 heteroatoms. The predicted molar refractivity (Wildman–Crippen MR) is 85.6 cm³/mol. The molecule has 1 atom stereocenters. The molecule has 3 rings (SSSR count). The van der Waals surface area contributed by atoms with Crippen LogP contribution in [0.3, 0.4) is 0 Å². The van der Waals surface area contributed by atoms with Crippen LogP contribution in [-0.4, -0.2) is 35.7 Å². The zero-order valence-electron chi connectivity index (χ0n) is 13.0. The molecule has 2 aromatic rings. The largest absolute Gasteiger partial charge is 0.493 e. The van der Waals surface area contributed by atoms with Gasteiger partial charge in [0, 0.05) is 36.5 Å². The third-order valence-corrected chi connectivity index (χ3v) is 3.58. The molecular weight excluding hydrogens is 294 g/mol. The maximum Gasteiger partial charge on any atom is 0.275 e. The van der Waals surface area contributed by atoms with Gasteiger partial charge in [0.2, 0.25) is 0 Å². The van der Waals surface area contributed by atoms with Crippen molar-refractivity contribution >= 4 is 11.7 Å². The van der Waals surface area contributed by atoms with E-state index in [1.165, 1.54) is 0 Å². The van der Waals surface area contributed by atoms with Gasteiger partial charge in [-0.2, -0.15) is 0 Å². The summed E-state index contributed by atoms with van der Waals surface area (Å²) in [7, 11) is 0. The van der Waals surface area contributed by atoms with Gasteiger partial charge < -0.3 is 14.8 Å². The summed E-state index contributed by atoms with van der Waals surface area (Å²) >= 11 is 0. The van der Waals surface area contributed by atoms with E-state index in [0.717, 1.165) is 25.3 Å². The first-order valence-corrected chi connectivity index (χ1v) is 7.62. The van der Waals surface area contributed by atoms with Crippen LogP contribution in [-0.2, 0) is 4.74 Å². The van der Waals surface area contributed by atoms with Crippen LogP contribution in [0.1, 0.15) is 22.6 Å². The second kappa shape index (κ2) is 7.19. The highest BCUT2D eigenvalue weighted by atomic mass is 16.5. The number of amides is 1. The van der Waals surface area contributed by atoms with Crippen molar-refractivity contribution in [2.45, 2.75) is 13.3 Å². The molecule has 1 N–H and O–H groups in total. The lowest BCUT2D eigenvalue weighted by atomic mass is 10.1. The van der Waals surface area contributed by atoms with Gasteiger partial charge in [0.05, 0.1) is 13.2 Å². The van der Waals surface area contributed by atoms with E-state index in [2.05, 4.69) is 15.3 Å². The minimum atomic E-state index is -0.304. The first-order valence-electron chi connectivity index (χ1n) is 7.62. The fourth-order valence-electron chi connectivity index (χ4n) is 2.38. The van der Waals surface area contributed by atoms with E-state index < -0.39 is 0 Å². The molecule has 1 saturated heterocycles. The van der Waals surface area contributed by atoms with E-state index in [-0.39, 0.29) is 5.91 Å². The number of aryl methyl sites for hydroxylation is 1. The highest BCUT2D eigenvalue weighted by Gasteiger charge is 2.17. The predicted octanol–water partition coefficient (Wildman–Crippen LogP) is 2.45. The number of anilines is 1. The zero-order valence-corrected chi connectivity index (χ0v) is 13.0. The molecule has 6 nitrogen and oxygen atoms in total. The Bertz CT molecular complexity index is 670. The maximum atomic E-state index is 12.3. The number of ether oxygens (including phenoxy) is 2. The number of carbonyl (C=O) groups is 1. The number of carbonyl (C=O) groups excluding carboxylic acids is 1. The van der Waals surface area contributed by atoms with Crippen molar-refractivity contribution < 1.29 is 14.3 Å². The normalized spacial score (nSPS) is 17.0. The quantitative estimate of drug-likeness (QED) is 0.918. The molecule has 1 unspecified atom stereocenters. The van der Waals surface area contributed by atoms with E-state index in [1.807, 2.05) is 19.1 Å². The van der Waals surface area contributed by atoms with Crippen LogP contribution in [0.4, 0.5) is 5.82 Å². The SMILES string of the molecule is Cc1cc(OCC2CCOC2)cc(C(=O)Nc2ccccn2)n1. The standard InChI is InChI=1S/C17H19N3O3/c1-12-8-14(23-11-13-5-7-22-10-13)9-15(19-12)17(21)20-16-4-2-3-6-18-16/h2-4,6,8-9,13H,5,7,10-11H2,1H3,(H,18,20,21). The summed E-state index contributed by atoms with van der Waals surface area (Å²) in [5, 5.41) is 2.72. The molecule has 0 aliphatic carbocycles. The summed E-state index contributed by atoms with van der Waals surface area (Å²) in [5.74, 6) is 1.25. The Labute approximate surface area is 134 Å². The molecule has 0 aromatic carbocycles. The molecule has 1 aliphatic heterocycles. The lowest BCUT2D eigenvalue weighted by Crippen LogP contribution is -2.16. The molecule has 1 aliphatic rings. The molecule has 3 heterocycles. The third kappa shape index (κ3) is 4.26. The minimum absolute atomic E-state index is 0.304. The first-order chi connectivity index (χ1) is 11.2. The van der Waals surface area contributed by atoms with Crippen molar-refractivity contribution in [3.8, 4) is 5.75 Å². The van der Waals surface area contributed by atoms with Crippen LogP contribution in [0.25, 0.3) is 0 Å². The summed E-state index contributed by atoms with van der Waals surface area (Å²) in [6, 6.07) is 8.81. The molecule has 0 spiro atoms. The second-order valence-electron chi connectivity index (χ2n) is 5.54. The minimum Gasteiger partial charge on any atom is -0.493 e. The molecule has 0 saturated carbocycles. The number of hydrogen-bond donors (Lipinski definition) is 1. The van der Waals surface area contributed by atoms with Gasteiger partial charge in [-0.15, -0.1) is 0 Å². The van der Waals surface area contributed by atoms with Crippen LogP contribution >= 0.6 is 0 Å². The Morgan fingerprint density at radius 3 is 3.09 bits per heavy atom. The van der Waals surface area contributed by atoms with E-state index >= 15 is 0 Å². The van der Waals surface area contributed by atoms with Crippen LogP contribution in [0.5, 0.6) is 5.75 Å². The van der Waals surface area contributed by atoms with E-state index in [1.54, 1.807) is 24.4 Å². The van der Waals surface area contributed by atoms with E-state index in [4.69, 9.17) is 9.47 Å². The van der Waals surface area contributed by atoms with Crippen LogP contribution in [0.2, 0.25) is 0 Å². The smallest absolute Gasteiger partial charge is 0.275 e. The average molecular weight is 313 g/mol. The summed E-state index contributed by atoms with van der Waals surface area (Å²) in [6.07, 6.45) is 2.63. The van der Waals surface area contributed by atoms with Crippen LogP contribution in [0, 0.1) is 12.8 Å². The molecule has 2 aromatic heterocycles. The van der Waals surface area contributed by atoms with Crippen LogP contribution in [0.15, 0.2) is 36.5 Å². The van der Waals surface area contributed by atoms with Gasteiger partial charge in [-0.3, -0.25) is 4.79 Å². The molecular formula is C17H19N3O3. The Hall–Kier alpha value is -2.47. The molecule has 120 valence electrons. The first kappa shape index (κ1) is 15.4. The topological polar surface area (TPSA) is 73.3 Å². The number of rotatable bonds is 5. The van der Waals surface area contributed by atoms with Crippen molar-refractivity contribution in [1.82, 2.24) is 9.97 Å². The van der Waals surface area contributed by atoms with E-state index in [9.17, 15) is 4.79 Å². The molecule has 0 bridgehead atoms. The molecule has 0 radical (unpaired) electrons. The summed E-state index contributed by atoms with van der Waals surface area (Å²) in [5.41, 5.74) is 1.05. The second-order valence-corrected chi connectivity index (χ2v) is 5.54. The van der Waals surface area contributed by atoms with Crippen molar-refractivity contribution in [3.05, 3.63) is 47.9 Å². The van der Waals surface area contributed by atoms with Gasteiger partial charge in [0.15, 0.2) is 0 Å². The number of pyridine rings is 2. The molecule has 1 amide bonds. The summed E-state index contributed by atoms with van der Waals surface area (Å²) in [6.45, 7) is 3.95. The Kier molecular flexibility index (Phi) is 4.83. The van der Waals surface area contributed by atoms with Gasteiger partial charge in [-0.1, -0.05) is 6.07 Å². The highest BCUT2D eigenvalue weighted by Crippen LogP contribution is 2.18. The number of nitrogens with zero attached hydrogens (tertiary/aromatic N) is 2. The van der Waals surface area contributed by atoms with E-state index in [0.29, 0.717) is 29.8 Å².